The summed E-state index contributed by atoms with van der Waals surface area (Å²) >= 11 is 3.64. The van der Waals surface area contributed by atoms with Gasteiger partial charge in [-0.25, -0.2) is 0 Å². The zero-order valence-corrected chi connectivity index (χ0v) is 10.7. The third kappa shape index (κ3) is 1.42. The zero-order chi connectivity index (χ0) is 11.1. The molecule has 2 nitrogen and oxygen atoms in total. The summed E-state index contributed by atoms with van der Waals surface area (Å²) in [6.07, 6.45) is 2.46. The maximum Gasteiger partial charge on any atom is 0.0626 e. The van der Waals surface area contributed by atoms with E-state index in [4.69, 9.17) is 5.73 Å². The number of hydrogen-bond donors (Lipinski definition) is 1. The minimum absolute atomic E-state index is 0.535. The Balaban J connectivity index is 2.29. The van der Waals surface area contributed by atoms with Gasteiger partial charge < -0.3 is 10.3 Å². The number of rotatable bonds is 1. The highest BCUT2D eigenvalue weighted by molar-refractivity contribution is 9.10. The van der Waals surface area contributed by atoms with Crippen molar-refractivity contribution in [2.24, 2.45) is 5.73 Å². The van der Waals surface area contributed by atoms with Crippen molar-refractivity contribution in [3.05, 3.63) is 34.4 Å². The Morgan fingerprint density at radius 1 is 1.44 bits per heavy atom. The average molecular weight is 279 g/mol. The first-order valence-electron chi connectivity index (χ1n) is 5.79. The van der Waals surface area contributed by atoms with Crippen LogP contribution in [-0.2, 0) is 6.54 Å². The molecule has 0 amide bonds. The maximum atomic E-state index is 5.85. The third-order valence-corrected chi connectivity index (χ3v) is 4.18. The van der Waals surface area contributed by atoms with Gasteiger partial charge in [-0.1, -0.05) is 12.1 Å². The monoisotopic (exact) mass is 278 g/mol. The first kappa shape index (κ1) is 10.4. The smallest absolute Gasteiger partial charge is 0.0626 e. The van der Waals surface area contributed by atoms with E-state index >= 15 is 0 Å². The van der Waals surface area contributed by atoms with Crippen molar-refractivity contribution in [3.8, 4) is 0 Å². The molecule has 0 saturated carbocycles. The van der Waals surface area contributed by atoms with Gasteiger partial charge in [0.05, 0.1) is 5.52 Å². The van der Waals surface area contributed by atoms with Crippen molar-refractivity contribution in [1.82, 2.24) is 4.57 Å². The minimum atomic E-state index is 0.535. The summed E-state index contributed by atoms with van der Waals surface area (Å²) in [7, 11) is 0. The molecule has 0 radical (unpaired) electrons. The second-order valence-corrected chi connectivity index (χ2v) is 5.33. The fourth-order valence-corrected chi connectivity index (χ4v) is 3.36. The summed E-state index contributed by atoms with van der Waals surface area (Å²) in [5.74, 6) is 0.535. The summed E-state index contributed by atoms with van der Waals surface area (Å²) in [6, 6.07) is 8.69. The lowest BCUT2D eigenvalue weighted by Gasteiger charge is -2.24. The lowest BCUT2D eigenvalue weighted by molar-refractivity contribution is 0.467. The molecule has 3 rings (SSSR count). The molecule has 0 aliphatic carbocycles. The number of aromatic nitrogens is 1. The molecule has 0 fully saturated rings. The van der Waals surface area contributed by atoms with Gasteiger partial charge in [0.2, 0.25) is 0 Å². The highest BCUT2D eigenvalue weighted by Crippen LogP contribution is 2.35. The lowest BCUT2D eigenvalue weighted by atomic mass is 9.96. The fraction of sp³-hybridized carbons (Fsp3) is 0.385. The van der Waals surface area contributed by atoms with E-state index in [0.717, 1.165) is 13.1 Å². The van der Waals surface area contributed by atoms with Crippen molar-refractivity contribution >= 4 is 26.8 Å². The highest BCUT2D eigenvalue weighted by Gasteiger charge is 2.21. The molecule has 3 heteroatoms. The second kappa shape index (κ2) is 3.90. The molecule has 0 spiro atoms. The Morgan fingerprint density at radius 3 is 3.12 bits per heavy atom. The molecule has 2 heterocycles. The van der Waals surface area contributed by atoms with Crippen molar-refractivity contribution in [3.63, 3.8) is 0 Å². The topological polar surface area (TPSA) is 30.9 Å². The van der Waals surface area contributed by atoms with Crippen LogP contribution in [0.25, 0.3) is 10.9 Å². The van der Waals surface area contributed by atoms with E-state index in [0.29, 0.717) is 5.92 Å². The number of nitrogens with two attached hydrogens (primary N) is 1. The van der Waals surface area contributed by atoms with Crippen molar-refractivity contribution in [2.75, 3.05) is 6.54 Å². The molecule has 1 atom stereocenters. The molecule has 1 aromatic heterocycles. The van der Waals surface area contributed by atoms with Gasteiger partial charge in [-0.05, 0) is 40.9 Å². The van der Waals surface area contributed by atoms with Gasteiger partial charge in [0.25, 0.3) is 0 Å². The summed E-state index contributed by atoms with van der Waals surface area (Å²) < 4.78 is 3.62. The van der Waals surface area contributed by atoms with E-state index in [1.807, 2.05) is 0 Å². The zero-order valence-electron chi connectivity index (χ0n) is 9.12. The molecule has 0 saturated heterocycles. The molecule has 0 bridgehead atoms. The number of benzene rings is 1. The molecule has 1 aromatic carbocycles. The Labute approximate surface area is 104 Å². The van der Waals surface area contributed by atoms with Gasteiger partial charge in [0.15, 0.2) is 0 Å². The first-order chi connectivity index (χ1) is 7.81. The molecule has 1 aliphatic rings. The molecular formula is C13H15BrN2. The number of para-hydroxylation sites is 1. The highest BCUT2D eigenvalue weighted by atomic mass is 79.9. The molecular weight excluding hydrogens is 264 g/mol. The summed E-state index contributed by atoms with van der Waals surface area (Å²) in [5, 5.41) is 1.32. The SMILES string of the molecule is NCC1CCCn2c1cc1cccc(Br)c12. The quantitative estimate of drug-likeness (QED) is 0.853. The van der Waals surface area contributed by atoms with Crippen molar-refractivity contribution in [1.29, 1.82) is 0 Å². The average Bonchev–Trinajstić information content (AvgIpc) is 2.68. The molecule has 1 unspecified atom stereocenters. The van der Waals surface area contributed by atoms with Crippen molar-refractivity contribution in [2.45, 2.75) is 25.3 Å². The molecule has 2 aromatic rings. The van der Waals surface area contributed by atoms with Crippen LogP contribution in [0.2, 0.25) is 0 Å². The van der Waals surface area contributed by atoms with Crippen LogP contribution in [-0.4, -0.2) is 11.1 Å². The molecule has 1 aliphatic heterocycles. The summed E-state index contributed by atoms with van der Waals surface area (Å²) in [4.78, 5) is 0. The van der Waals surface area contributed by atoms with Gasteiger partial charge in [-0.15, -0.1) is 0 Å². The lowest BCUT2D eigenvalue weighted by Crippen LogP contribution is -2.21. The number of aryl methyl sites for hydroxylation is 1. The Hall–Kier alpha value is -0.800. The number of halogens is 1. The van der Waals surface area contributed by atoms with Crippen LogP contribution >= 0.6 is 15.9 Å². The first-order valence-corrected chi connectivity index (χ1v) is 6.58. The number of hydrogen-bond acceptors (Lipinski definition) is 1. The predicted molar refractivity (Wildman–Crippen MR) is 70.7 cm³/mol. The van der Waals surface area contributed by atoms with E-state index in [-0.39, 0.29) is 0 Å². The van der Waals surface area contributed by atoms with Crippen LogP contribution in [0.3, 0.4) is 0 Å². The van der Waals surface area contributed by atoms with E-state index in [1.54, 1.807) is 0 Å². The van der Waals surface area contributed by atoms with Crippen LogP contribution in [0.5, 0.6) is 0 Å². The van der Waals surface area contributed by atoms with E-state index < -0.39 is 0 Å². The number of fused-ring (bicyclic) bond motifs is 3. The normalized spacial score (nSPS) is 20.0. The van der Waals surface area contributed by atoms with Crippen LogP contribution in [0, 0.1) is 0 Å². The van der Waals surface area contributed by atoms with E-state index in [2.05, 4.69) is 44.8 Å². The largest absolute Gasteiger partial charge is 0.343 e. The molecule has 84 valence electrons. The minimum Gasteiger partial charge on any atom is -0.343 e. The summed E-state index contributed by atoms with van der Waals surface area (Å²) in [5.41, 5.74) is 8.59. The van der Waals surface area contributed by atoms with Crippen LogP contribution < -0.4 is 5.73 Å². The van der Waals surface area contributed by atoms with Gasteiger partial charge >= 0.3 is 0 Å². The fourth-order valence-electron chi connectivity index (χ4n) is 2.76. The molecule has 2 N–H and O–H groups in total. The maximum absolute atomic E-state index is 5.85. The standard InChI is InChI=1S/C13H15BrN2/c14-11-5-1-3-9-7-12-10(8-15)4-2-6-16(12)13(9)11/h1,3,5,7,10H,2,4,6,8,15H2. The van der Waals surface area contributed by atoms with Gasteiger partial charge in [-0.3, -0.25) is 0 Å². The van der Waals surface area contributed by atoms with Crippen LogP contribution in [0.4, 0.5) is 0 Å². The van der Waals surface area contributed by atoms with Gasteiger partial charge in [0, 0.05) is 34.6 Å². The van der Waals surface area contributed by atoms with E-state index in [1.165, 1.54) is 33.9 Å². The summed E-state index contributed by atoms with van der Waals surface area (Å²) in [6.45, 7) is 1.88. The Morgan fingerprint density at radius 2 is 2.31 bits per heavy atom. The molecule has 16 heavy (non-hydrogen) atoms. The second-order valence-electron chi connectivity index (χ2n) is 4.47. The third-order valence-electron chi connectivity index (χ3n) is 3.54. The Bertz CT molecular complexity index is 530. The van der Waals surface area contributed by atoms with Gasteiger partial charge in [0.1, 0.15) is 0 Å². The van der Waals surface area contributed by atoms with E-state index in [9.17, 15) is 0 Å². The van der Waals surface area contributed by atoms with Gasteiger partial charge in [-0.2, -0.15) is 0 Å². The Kier molecular flexibility index (Phi) is 2.52. The predicted octanol–water partition coefficient (Wildman–Crippen LogP) is 3.24. The van der Waals surface area contributed by atoms with Crippen molar-refractivity contribution < 1.29 is 0 Å². The number of nitrogens with zero attached hydrogens (tertiary/aromatic N) is 1. The van der Waals surface area contributed by atoms with Crippen LogP contribution in [0.15, 0.2) is 28.7 Å². The van der Waals surface area contributed by atoms with Crippen LogP contribution in [0.1, 0.15) is 24.5 Å².